The summed E-state index contributed by atoms with van der Waals surface area (Å²) < 4.78 is 11.9. The number of nitrogens with one attached hydrogen (secondary N) is 1. The van der Waals surface area contributed by atoms with Gasteiger partial charge in [0.1, 0.15) is 12.3 Å². The van der Waals surface area contributed by atoms with Crippen LogP contribution in [-0.4, -0.2) is 42.0 Å². The molecule has 1 aromatic rings. The largest absolute Gasteiger partial charge is 0.508 e. The van der Waals surface area contributed by atoms with Gasteiger partial charge in [0.05, 0.1) is 6.67 Å². The van der Waals surface area contributed by atoms with Gasteiger partial charge in [-0.25, -0.2) is 4.79 Å². The van der Waals surface area contributed by atoms with Crippen molar-refractivity contribution in [3.63, 3.8) is 0 Å². The number of hydrogen-bond acceptors (Lipinski definition) is 3. The smallest absolute Gasteiger partial charge is 0.323 e. The van der Waals surface area contributed by atoms with Crippen LogP contribution in [0.1, 0.15) is 6.42 Å². The monoisotopic (exact) mass is 270 g/mol. The molecule has 0 saturated heterocycles. The van der Waals surface area contributed by atoms with Crippen LogP contribution in [0.2, 0.25) is 0 Å². The van der Waals surface area contributed by atoms with Gasteiger partial charge in [0.25, 0.3) is 0 Å². The van der Waals surface area contributed by atoms with E-state index in [-0.39, 0.29) is 18.7 Å². The summed E-state index contributed by atoms with van der Waals surface area (Å²) in [6, 6.07) is 4.92. The molecule has 1 aromatic carbocycles. The number of carbonyl (C=O) groups excluding carboxylic acids is 1. The van der Waals surface area contributed by atoms with Gasteiger partial charge in [-0.05, 0) is 30.7 Å². The number of alkyl halides is 1. The molecule has 0 aliphatic heterocycles. The summed E-state index contributed by atoms with van der Waals surface area (Å²) >= 11 is 0. The van der Waals surface area contributed by atoms with Crippen LogP contribution in [0.15, 0.2) is 24.3 Å². The third-order valence-corrected chi connectivity index (χ3v) is 2.29. The number of anilines is 1. The van der Waals surface area contributed by atoms with Crippen molar-refractivity contribution in [2.75, 3.05) is 24.7 Å². The lowest BCUT2D eigenvalue weighted by Crippen LogP contribution is -2.43. The van der Waals surface area contributed by atoms with E-state index in [9.17, 15) is 14.0 Å². The van der Waals surface area contributed by atoms with Crippen LogP contribution >= 0.6 is 0 Å². The number of carboxylic acids is 1. The SMILES string of the molecule is O=C(O)CN(C(=O)NCCCF)c1ccc(O)cc1. The number of nitrogens with zero attached hydrogens (tertiary/aromatic N) is 1. The van der Waals surface area contributed by atoms with E-state index < -0.39 is 25.2 Å². The lowest BCUT2D eigenvalue weighted by molar-refractivity contribution is -0.135. The van der Waals surface area contributed by atoms with E-state index in [4.69, 9.17) is 10.2 Å². The molecule has 0 unspecified atom stereocenters. The Bertz CT molecular complexity index is 436. The summed E-state index contributed by atoms with van der Waals surface area (Å²) in [5.41, 5.74) is 0.331. The molecule has 104 valence electrons. The first-order chi connectivity index (χ1) is 9.04. The molecule has 0 spiro atoms. The van der Waals surface area contributed by atoms with E-state index in [1.807, 2.05) is 0 Å². The maximum absolute atomic E-state index is 11.9. The van der Waals surface area contributed by atoms with E-state index in [0.29, 0.717) is 5.69 Å². The number of phenolic OH excluding ortho intramolecular Hbond substituents is 1. The molecule has 0 saturated carbocycles. The summed E-state index contributed by atoms with van der Waals surface area (Å²) in [6.45, 7) is -0.950. The standard InChI is InChI=1S/C12H15FN2O4/c13-6-1-7-14-12(19)15(8-11(17)18)9-2-4-10(16)5-3-9/h2-5,16H,1,6-8H2,(H,14,19)(H,17,18). The Hall–Kier alpha value is -2.31. The number of benzene rings is 1. The molecule has 0 heterocycles. The average molecular weight is 270 g/mol. The Kier molecular flexibility index (Phi) is 5.59. The van der Waals surface area contributed by atoms with Crippen molar-refractivity contribution in [3.05, 3.63) is 24.3 Å². The predicted octanol–water partition coefficient (Wildman–Crippen LogP) is 1.35. The predicted molar refractivity (Wildman–Crippen MR) is 67.1 cm³/mol. The maximum atomic E-state index is 11.9. The Balaban J connectivity index is 2.79. The van der Waals surface area contributed by atoms with Crippen molar-refractivity contribution in [2.24, 2.45) is 0 Å². The molecule has 0 aromatic heterocycles. The van der Waals surface area contributed by atoms with E-state index in [1.54, 1.807) is 0 Å². The van der Waals surface area contributed by atoms with E-state index in [0.717, 1.165) is 4.90 Å². The molecule has 0 aliphatic carbocycles. The average Bonchev–Trinajstić information content (AvgIpc) is 2.37. The fraction of sp³-hybridized carbons (Fsp3) is 0.333. The van der Waals surface area contributed by atoms with Gasteiger partial charge in [-0.2, -0.15) is 0 Å². The highest BCUT2D eigenvalue weighted by atomic mass is 19.1. The first-order valence-corrected chi connectivity index (χ1v) is 5.66. The van der Waals surface area contributed by atoms with Crippen LogP contribution < -0.4 is 10.2 Å². The zero-order valence-electron chi connectivity index (χ0n) is 10.2. The van der Waals surface area contributed by atoms with E-state index in [1.165, 1.54) is 24.3 Å². The maximum Gasteiger partial charge on any atom is 0.323 e. The van der Waals surface area contributed by atoms with E-state index in [2.05, 4.69) is 5.32 Å². The van der Waals surface area contributed by atoms with Crippen molar-refractivity contribution in [1.82, 2.24) is 5.32 Å². The van der Waals surface area contributed by atoms with Crippen LogP contribution in [0, 0.1) is 0 Å². The highest BCUT2D eigenvalue weighted by Gasteiger charge is 2.18. The van der Waals surface area contributed by atoms with Gasteiger partial charge in [0.15, 0.2) is 0 Å². The van der Waals surface area contributed by atoms with Gasteiger partial charge in [0.2, 0.25) is 0 Å². The number of halogens is 1. The van der Waals surface area contributed by atoms with Crippen LogP contribution in [0.25, 0.3) is 0 Å². The molecular weight excluding hydrogens is 255 g/mol. The highest BCUT2D eigenvalue weighted by molar-refractivity contribution is 5.96. The Morgan fingerprint density at radius 1 is 1.26 bits per heavy atom. The molecule has 0 fully saturated rings. The Labute approximate surface area is 109 Å². The summed E-state index contributed by atoms with van der Waals surface area (Å²) in [7, 11) is 0. The Morgan fingerprint density at radius 3 is 2.42 bits per heavy atom. The second kappa shape index (κ2) is 7.20. The molecule has 6 nitrogen and oxygen atoms in total. The number of aliphatic carboxylic acids is 1. The first kappa shape index (κ1) is 14.7. The number of urea groups is 1. The van der Waals surface area contributed by atoms with Gasteiger partial charge in [0, 0.05) is 12.2 Å². The summed E-state index contributed by atoms with van der Waals surface area (Å²) in [4.78, 5) is 23.6. The molecule has 3 N–H and O–H groups in total. The second-order valence-corrected chi connectivity index (χ2v) is 3.77. The molecule has 0 atom stereocenters. The summed E-state index contributed by atoms with van der Waals surface area (Å²) in [5, 5.41) is 20.4. The minimum Gasteiger partial charge on any atom is -0.508 e. The van der Waals surface area contributed by atoms with Crippen LogP contribution in [0.3, 0.4) is 0 Å². The minimum atomic E-state index is -1.17. The lowest BCUT2D eigenvalue weighted by Gasteiger charge is -2.21. The van der Waals surface area contributed by atoms with Gasteiger partial charge in [-0.1, -0.05) is 0 Å². The zero-order chi connectivity index (χ0) is 14.3. The number of aromatic hydroxyl groups is 1. The summed E-state index contributed by atoms with van der Waals surface area (Å²) in [6.07, 6.45) is 0.169. The van der Waals surface area contributed by atoms with Gasteiger partial charge >= 0.3 is 12.0 Å². The van der Waals surface area contributed by atoms with Crippen LogP contribution in [-0.2, 0) is 4.79 Å². The van der Waals surface area contributed by atoms with Gasteiger partial charge in [-0.15, -0.1) is 0 Å². The molecule has 2 amide bonds. The highest BCUT2D eigenvalue weighted by Crippen LogP contribution is 2.18. The normalized spacial score (nSPS) is 9.95. The number of phenols is 1. The van der Waals surface area contributed by atoms with Crippen molar-refractivity contribution in [1.29, 1.82) is 0 Å². The molecule has 19 heavy (non-hydrogen) atoms. The van der Waals surface area contributed by atoms with Crippen LogP contribution in [0.4, 0.5) is 14.9 Å². The molecule has 0 aliphatic rings. The van der Waals surface area contributed by atoms with Gasteiger partial charge in [-0.3, -0.25) is 14.1 Å². The van der Waals surface area contributed by atoms with Crippen LogP contribution in [0.5, 0.6) is 5.75 Å². The lowest BCUT2D eigenvalue weighted by atomic mass is 10.2. The fourth-order valence-electron chi connectivity index (χ4n) is 1.41. The number of carbonyl (C=O) groups is 2. The minimum absolute atomic E-state index is 0.0110. The van der Waals surface area contributed by atoms with Crippen molar-refractivity contribution in [2.45, 2.75) is 6.42 Å². The first-order valence-electron chi connectivity index (χ1n) is 5.66. The van der Waals surface area contributed by atoms with Crippen molar-refractivity contribution >= 4 is 17.7 Å². The molecule has 7 heteroatoms. The number of amides is 2. The molecule has 1 rings (SSSR count). The molecule has 0 radical (unpaired) electrons. The second-order valence-electron chi connectivity index (χ2n) is 3.77. The van der Waals surface area contributed by atoms with Gasteiger partial charge < -0.3 is 15.5 Å². The number of rotatable bonds is 6. The quantitative estimate of drug-likeness (QED) is 0.681. The zero-order valence-corrected chi connectivity index (χ0v) is 10.2. The van der Waals surface area contributed by atoms with Crippen molar-refractivity contribution in [3.8, 4) is 5.75 Å². The topological polar surface area (TPSA) is 89.9 Å². The summed E-state index contributed by atoms with van der Waals surface area (Å²) in [5.74, 6) is -1.16. The van der Waals surface area contributed by atoms with Crippen molar-refractivity contribution < 1.29 is 24.2 Å². The van der Waals surface area contributed by atoms with E-state index >= 15 is 0 Å². The fourth-order valence-corrected chi connectivity index (χ4v) is 1.41. The number of hydrogen-bond donors (Lipinski definition) is 3. The molecular formula is C12H15FN2O4. The third-order valence-electron chi connectivity index (χ3n) is 2.29. The molecule has 0 bridgehead atoms. The Morgan fingerprint density at radius 2 is 1.89 bits per heavy atom. The number of carboxylic acid groups (broad SMARTS) is 1. The third kappa shape index (κ3) is 4.82.